The number of hydrogen-bond donors (Lipinski definition) is 1. The maximum atomic E-state index is 12.7. The molecule has 0 aliphatic carbocycles. The van der Waals surface area contributed by atoms with Gasteiger partial charge in [-0.1, -0.05) is 35.9 Å². The third kappa shape index (κ3) is 3.99. The molecule has 0 radical (unpaired) electrons. The molecule has 2 saturated heterocycles. The fourth-order valence-corrected chi connectivity index (χ4v) is 5.41. The van der Waals surface area contributed by atoms with Crippen LogP contribution in [0.3, 0.4) is 0 Å². The summed E-state index contributed by atoms with van der Waals surface area (Å²) in [6, 6.07) is 12.1. The van der Waals surface area contributed by atoms with Gasteiger partial charge in [0.2, 0.25) is 5.91 Å². The van der Waals surface area contributed by atoms with Gasteiger partial charge in [0, 0.05) is 34.9 Å². The van der Waals surface area contributed by atoms with Crippen molar-refractivity contribution in [3.05, 3.63) is 41.4 Å². The predicted octanol–water partition coefficient (Wildman–Crippen LogP) is 4.61. The van der Waals surface area contributed by atoms with Crippen molar-refractivity contribution in [3.8, 4) is 0 Å². The van der Waals surface area contributed by atoms with Crippen molar-refractivity contribution < 1.29 is 4.79 Å². The van der Waals surface area contributed by atoms with Gasteiger partial charge in [-0.2, -0.15) is 0 Å². The first-order chi connectivity index (χ1) is 12.2. The number of carbonyl (C=O) groups is 1. The van der Waals surface area contributed by atoms with Crippen LogP contribution in [0, 0.1) is 5.41 Å². The van der Waals surface area contributed by atoms with Crippen LogP contribution in [-0.2, 0) is 4.79 Å². The number of carbonyl (C=O) groups excluding carboxylic acids is 1. The van der Waals surface area contributed by atoms with Crippen molar-refractivity contribution in [1.29, 1.82) is 0 Å². The molecule has 3 nitrogen and oxygen atoms in total. The largest absolute Gasteiger partial charge is 0.342 e. The highest BCUT2D eigenvalue weighted by atomic mass is 35.5. The van der Waals surface area contributed by atoms with Gasteiger partial charge in [0.25, 0.3) is 0 Å². The molecule has 2 aliphatic heterocycles. The van der Waals surface area contributed by atoms with Crippen LogP contribution in [0.15, 0.2) is 41.3 Å². The summed E-state index contributed by atoms with van der Waals surface area (Å²) in [5.74, 6) is 0.727. The Morgan fingerprint density at radius 1 is 1.15 bits per heavy atom. The third-order valence-corrected chi connectivity index (χ3v) is 7.03. The van der Waals surface area contributed by atoms with Crippen molar-refractivity contribution >= 4 is 52.4 Å². The van der Waals surface area contributed by atoms with E-state index in [1.54, 1.807) is 11.8 Å². The average molecular weight is 411 g/mol. The van der Waals surface area contributed by atoms with Crippen molar-refractivity contribution in [2.45, 2.75) is 24.2 Å². The second kappa shape index (κ2) is 8.39. The quantitative estimate of drug-likeness (QED) is 0.749. The molecule has 0 bridgehead atoms. The minimum Gasteiger partial charge on any atom is -0.342 e. The molecule has 2 aliphatic rings. The molecule has 2 fully saturated rings. The summed E-state index contributed by atoms with van der Waals surface area (Å²) in [5, 5.41) is 6.41. The van der Waals surface area contributed by atoms with E-state index in [-0.39, 0.29) is 18.3 Å². The topological polar surface area (TPSA) is 32.3 Å². The highest BCUT2D eigenvalue weighted by Gasteiger charge is 2.37. The lowest BCUT2D eigenvalue weighted by atomic mass is 9.78. The molecular formula is C20H24Cl2N2OS. The van der Waals surface area contributed by atoms with E-state index in [9.17, 15) is 4.79 Å². The summed E-state index contributed by atoms with van der Waals surface area (Å²) >= 11 is 7.98. The van der Waals surface area contributed by atoms with Gasteiger partial charge < -0.3 is 10.2 Å². The molecule has 0 unspecified atom stereocenters. The van der Waals surface area contributed by atoms with E-state index in [1.807, 2.05) is 23.1 Å². The van der Waals surface area contributed by atoms with Gasteiger partial charge in [0.05, 0.1) is 5.75 Å². The van der Waals surface area contributed by atoms with Crippen LogP contribution in [-0.4, -0.2) is 42.7 Å². The number of fused-ring (bicyclic) bond motifs is 1. The van der Waals surface area contributed by atoms with Gasteiger partial charge >= 0.3 is 0 Å². The number of benzene rings is 2. The monoisotopic (exact) mass is 410 g/mol. The minimum absolute atomic E-state index is 0. The molecule has 4 rings (SSSR count). The maximum absolute atomic E-state index is 12.7. The number of hydrogen-bond acceptors (Lipinski definition) is 3. The van der Waals surface area contributed by atoms with Gasteiger partial charge in [-0.05, 0) is 48.7 Å². The lowest BCUT2D eigenvalue weighted by Gasteiger charge is -2.38. The first kappa shape index (κ1) is 19.8. The summed E-state index contributed by atoms with van der Waals surface area (Å²) in [4.78, 5) is 15.8. The summed E-state index contributed by atoms with van der Waals surface area (Å²) in [6.07, 6.45) is 3.53. The Kier molecular flexibility index (Phi) is 6.39. The van der Waals surface area contributed by atoms with Gasteiger partial charge in [-0.15, -0.1) is 24.2 Å². The van der Waals surface area contributed by atoms with Crippen LogP contribution in [0.1, 0.15) is 19.3 Å². The molecule has 1 spiro atoms. The lowest BCUT2D eigenvalue weighted by Crippen LogP contribution is -2.44. The van der Waals surface area contributed by atoms with Crippen LogP contribution in [0.5, 0.6) is 0 Å². The van der Waals surface area contributed by atoms with E-state index in [0.29, 0.717) is 11.2 Å². The fourth-order valence-electron chi connectivity index (χ4n) is 4.07. The van der Waals surface area contributed by atoms with Crippen molar-refractivity contribution in [2.24, 2.45) is 5.41 Å². The Labute approximate surface area is 170 Å². The Hall–Kier alpha value is -0.940. The van der Waals surface area contributed by atoms with E-state index in [0.717, 1.165) is 59.7 Å². The molecule has 1 N–H and O–H groups in total. The first-order valence-corrected chi connectivity index (χ1v) is 10.3. The van der Waals surface area contributed by atoms with Crippen LogP contribution in [0.4, 0.5) is 0 Å². The van der Waals surface area contributed by atoms with Crippen LogP contribution in [0.25, 0.3) is 10.8 Å². The maximum Gasteiger partial charge on any atom is 0.232 e. The zero-order valence-electron chi connectivity index (χ0n) is 14.7. The summed E-state index contributed by atoms with van der Waals surface area (Å²) < 4.78 is 0. The SMILES string of the molecule is Cl.O=C(CSc1cccc2cccc(Cl)c12)N1CCC2(CCNC2)CC1. The standard InChI is InChI=1S/C20H23ClN2OS.ClH/c21-16-5-1-3-15-4-2-6-17(19(15)16)25-13-18(24)23-11-8-20(9-12-23)7-10-22-14-20;/h1-6,22H,7-14H2;1H. The third-order valence-electron chi connectivity index (χ3n) is 5.68. The van der Waals surface area contributed by atoms with Gasteiger partial charge in [0.1, 0.15) is 0 Å². The fraction of sp³-hybridized carbons (Fsp3) is 0.450. The molecule has 6 heteroatoms. The number of nitrogens with one attached hydrogen (secondary N) is 1. The Morgan fingerprint density at radius 2 is 1.88 bits per heavy atom. The van der Waals surface area contributed by atoms with Gasteiger partial charge in [0.15, 0.2) is 0 Å². The highest BCUT2D eigenvalue weighted by Crippen LogP contribution is 2.37. The number of piperidine rings is 1. The molecule has 2 heterocycles. The number of likely N-dealkylation sites (tertiary alicyclic amines) is 1. The number of halogens is 2. The van der Waals surface area contributed by atoms with Crippen LogP contribution < -0.4 is 5.32 Å². The molecular weight excluding hydrogens is 387 g/mol. The molecule has 2 aromatic carbocycles. The summed E-state index contributed by atoms with van der Waals surface area (Å²) in [6.45, 7) is 4.05. The minimum atomic E-state index is 0. The van der Waals surface area contributed by atoms with E-state index < -0.39 is 0 Å². The van der Waals surface area contributed by atoms with E-state index in [2.05, 4.69) is 23.5 Å². The highest BCUT2D eigenvalue weighted by molar-refractivity contribution is 8.00. The van der Waals surface area contributed by atoms with Crippen LogP contribution >= 0.6 is 35.8 Å². The van der Waals surface area contributed by atoms with E-state index in [1.165, 1.54) is 6.42 Å². The summed E-state index contributed by atoms with van der Waals surface area (Å²) in [5.41, 5.74) is 0.451. The average Bonchev–Trinajstić information content (AvgIpc) is 3.08. The normalized spacial score (nSPS) is 18.9. The van der Waals surface area contributed by atoms with Crippen molar-refractivity contribution in [3.63, 3.8) is 0 Å². The summed E-state index contributed by atoms with van der Waals surface area (Å²) in [7, 11) is 0. The molecule has 140 valence electrons. The number of rotatable bonds is 3. The Balaban J connectivity index is 0.00000196. The zero-order chi connectivity index (χ0) is 17.3. The van der Waals surface area contributed by atoms with E-state index >= 15 is 0 Å². The van der Waals surface area contributed by atoms with Crippen LogP contribution in [0.2, 0.25) is 5.02 Å². The van der Waals surface area contributed by atoms with E-state index in [4.69, 9.17) is 11.6 Å². The Morgan fingerprint density at radius 3 is 2.58 bits per heavy atom. The number of nitrogens with zero attached hydrogens (tertiary/aromatic N) is 1. The molecule has 0 aromatic heterocycles. The van der Waals surface area contributed by atoms with Crippen molar-refractivity contribution in [2.75, 3.05) is 31.9 Å². The molecule has 26 heavy (non-hydrogen) atoms. The molecule has 1 amide bonds. The molecule has 2 aromatic rings. The number of thioether (sulfide) groups is 1. The zero-order valence-corrected chi connectivity index (χ0v) is 17.1. The van der Waals surface area contributed by atoms with Gasteiger partial charge in [-0.25, -0.2) is 0 Å². The number of amides is 1. The first-order valence-electron chi connectivity index (χ1n) is 8.95. The predicted molar refractivity (Wildman–Crippen MR) is 113 cm³/mol. The van der Waals surface area contributed by atoms with Crippen molar-refractivity contribution in [1.82, 2.24) is 10.2 Å². The Bertz CT molecular complexity index is 777. The molecule has 0 atom stereocenters. The second-order valence-electron chi connectivity index (χ2n) is 7.19. The second-order valence-corrected chi connectivity index (χ2v) is 8.61. The smallest absolute Gasteiger partial charge is 0.232 e. The lowest BCUT2D eigenvalue weighted by molar-refractivity contribution is -0.130. The molecule has 0 saturated carbocycles. The van der Waals surface area contributed by atoms with Gasteiger partial charge in [-0.3, -0.25) is 4.79 Å².